The Morgan fingerprint density at radius 3 is 2.32 bits per heavy atom. The number of rotatable bonds is 5. The molecule has 9 heteroatoms. The van der Waals surface area contributed by atoms with Gasteiger partial charge in [0.15, 0.2) is 5.03 Å². The van der Waals surface area contributed by atoms with Crippen LogP contribution in [0.25, 0.3) is 11.1 Å². The number of nitrogens with two attached hydrogens (primary N) is 1. The maximum Gasteiger partial charge on any atom is 0.281 e. The number of benzene rings is 1. The summed E-state index contributed by atoms with van der Waals surface area (Å²) in [7, 11) is -4.26. The first kappa shape index (κ1) is 26.6. The van der Waals surface area contributed by atoms with E-state index in [4.69, 9.17) is 10.7 Å². The lowest BCUT2D eigenvalue weighted by Gasteiger charge is -2.37. The molecule has 1 aliphatic heterocycles. The van der Waals surface area contributed by atoms with Gasteiger partial charge in [0.25, 0.3) is 15.9 Å². The molecule has 1 aromatic carbocycles. The second-order valence-corrected chi connectivity index (χ2v) is 12.8. The number of nitrogens with one attached hydrogen (secondary N) is 1. The molecule has 0 spiro atoms. The van der Waals surface area contributed by atoms with E-state index in [0.29, 0.717) is 18.3 Å². The van der Waals surface area contributed by atoms with Gasteiger partial charge in [-0.05, 0) is 49.9 Å². The third-order valence-corrected chi connectivity index (χ3v) is 8.46. The Hall–Kier alpha value is -3.46. The van der Waals surface area contributed by atoms with Gasteiger partial charge in [0.05, 0.1) is 11.3 Å². The standard InChI is InChI=1S/C28H35N5O3S/c1-18-15-16-33(28(18,5)6)25-21(26(34)32-37(35,36)23-14-10-13-22(29)30-23)17-20(19-11-8-7-9-12-19)24(31-25)27(2,3)4/h7-14,17-18H,15-16H2,1-6H3,(H2,29,30)(H,32,34). The number of aromatic nitrogens is 2. The fourth-order valence-electron chi connectivity index (χ4n) is 4.70. The van der Waals surface area contributed by atoms with E-state index in [0.717, 1.165) is 23.2 Å². The predicted octanol–water partition coefficient (Wildman–Crippen LogP) is 4.77. The average Bonchev–Trinajstić information content (AvgIpc) is 3.09. The van der Waals surface area contributed by atoms with Crippen molar-refractivity contribution in [3.63, 3.8) is 0 Å². The number of hydrogen-bond donors (Lipinski definition) is 2. The van der Waals surface area contributed by atoms with E-state index in [2.05, 4.69) is 56.1 Å². The highest BCUT2D eigenvalue weighted by atomic mass is 32.2. The molecule has 0 aliphatic carbocycles. The summed E-state index contributed by atoms with van der Waals surface area (Å²) in [5.41, 5.74) is 7.79. The van der Waals surface area contributed by atoms with Crippen LogP contribution in [0, 0.1) is 5.92 Å². The lowest BCUT2D eigenvalue weighted by atomic mass is 9.85. The summed E-state index contributed by atoms with van der Waals surface area (Å²) in [4.78, 5) is 24.8. The van der Waals surface area contributed by atoms with E-state index < -0.39 is 15.9 Å². The molecular weight excluding hydrogens is 486 g/mol. The molecule has 1 atom stereocenters. The van der Waals surface area contributed by atoms with Crippen LogP contribution in [0.3, 0.4) is 0 Å². The molecule has 3 heterocycles. The summed E-state index contributed by atoms with van der Waals surface area (Å²) in [5.74, 6) is 0.121. The normalized spacial score (nSPS) is 17.6. The second kappa shape index (κ2) is 9.45. The van der Waals surface area contributed by atoms with Gasteiger partial charge in [0.1, 0.15) is 11.6 Å². The minimum Gasteiger partial charge on any atom is -0.384 e. The van der Waals surface area contributed by atoms with Crippen molar-refractivity contribution in [2.24, 2.45) is 5.92 Å². The zero-order valence-corrected chi connectivity index (χ0v) is 23.1. The summed E-state index contributed by atoms with van der Waals surface area (Å²) in [5, 5.41) is -0.319. The molecule has 1 aliphatic rings. The number of amides is 1. The fraction of sp³-hybridized carbons (Fsp3) is 0.393. The molecule has 1 amide bonds. The molecular formula is C28H35N5O3S. The number of carbonyl (C=O) groups excluding carboxylic acids is 1. The van der Waals surface area contributed by atoms with Crippen LogP contribution in [0.1, 0.15) is 64.0 Å². The molecule has 196 valence electrons. The van der Waals surface area contributed by atoms with Crippen LogP contribution in [-0.2, 0) is 15.4 Å². The van der Waals surface area contributed by atoms with E-state index >= 15 is 0 Å². The molecule has 0 saturated carbocycles. The van der Waals surface area contributed by atoms with Gasteiger partial charge in [-0.25, -0.2) is 14.7 Å². The first-order valence-corrected chi connectivity index (χ1v) is 13.9. The van der Waals surface area contributed by atoms with Crippen LogP contribution in [0.5, 0.6) is 0 Å². The van der Waals surface area contributed by atoms with Gasteiger partial charge in [-0.3, -0.25) is 4.79 Å². The molecule has 3 N–H and O–H groups in total. The van der Waals surface area contributed by atoms with Crippen molar-refractivity contribution in [3.8, 4) is 11.1 Å². The van der Waals surface area contributed by atoms with Crippen molar-refractivity contribution in [1.82, 2.24) is 14.7 Å². The number of carbonyl (C=O) groups is 1. The minimum atomic E-state index is -4.26. The Bertz CT molecular complexity index is 1430. The van der Waals surface area contributed by atoms with E-state index in [1.165, 1.54) is 18.2 Å². The topological polar surface area (TPSA) is 118 Å². The van der Waals surface area contributed by atoms with E-state index in [-0.39, 0.29) is 27.4 Å². The highest BCUT2D eigenvalue weighted by Crippen LogP contribution is 2.42. The summed E-state index contributed by atoms with van der Waals surface area (Å²) in [6, 6.07) is 15.7. The zero-order chi connectivity index (χ0) is 27.2. The molecule has 4 rings (SSSR count). The van der Waals surface area contributed by atoms with E-state index in [1.807, 2.05) is 30.3 Å². The maximum absolute atomic E-state index is 13.7. The maximum atomic E-state index is 13.7. The van der Waals surface area contributed by atoms with Crippen LogP contribution in [0.2, 0.25) is 0 Å². The number of nitrogens with zero attached hydrogens (tertiary/aromatic N) is 3. The highest BCUT2D eigenvalue weighted by Gasteiger charge is 2.42. The monoisotopic (exact) mass is 521 g/mol. The molecule has 1 unspecified atom stereocenters. The average molecular weight is 522 g/mol. The van der Waals surface area contributed by atoms with Gasteiger partial charge < -0.3 is 10.6 Å². The molecule has 2 aromatic heterocycles. The van der Waals surface area contributed by atoms with Crippen LogP contribution in [0.15, 0.2) is 59.6 Å². The quantitative estimate of drug-likeness (QED) is 0.497. The first-order chi connectivity index (χ1) is 17.2. The summed E-state index contributed by atoms with van der Waals surface area (Å²) in [6.45, 7) is 13.4. The van der Waals surface area contributed by atoms with Crippen LogP contribution < -0.4 is 15.4 Å². The molecule has 8 nitrogen and oxygen atoms in total. The van der Waals surface area contributed by atoms with Crippen molar-refractivity contribution in [1.29, 1.82) is 0 Å². The Morgan fingerprint density at radius 1 is 1.08 bits per heavy atom. The van der Waals surface area contributed by atoms with Gasteiger partial charge in [-0.15, -0.1) is 0 Å². The van der Waals surface area contributed by atoms with Gasteiger partial charge in [-0.2, -0.15) is 8.42 Å². The van der Waals surface area contributed by atoms with Gasteiger partial charge in [0, 0.05) is 23.1 Å². The predicted molar refractivity (Wildman–Crippen MR) is 147 cm³/mol. The molecule has 0 radical (unpaired) electrons. The van der Waals surface area contributed by atoms with Crippen molar-refractivity contribution in [2.75, 3.05) is 17.2 Å². The van der Waals surface area contributed by atoms with Gasteiger partial charge in [0.2, 0.25) is 0 Å². The molecule has 1 fully saturated rings. The molecule has 0 bridgehead atoms. The summed E-state index contributed by atoms with van der Waals surface area (Å²) >= 11 is 0. The third-order valence-electron chi connectivity index (χ3n) is 7.23. The summed E-state index contributed by atoms with van der Waals surface area (Å²) in [6.07, 6.45) is 0.937. The Balaban J connectivity index is 1.92. The van der Waals surface area contributed by atoms with Crippen molar-refractivity contribution >= 4 is 27.6 Å². The fourth-order valence-corrected chi connectivity index (χ4v) is 5.65. The zero-order valence-electron chi connectivity index (χ0n) is 22.2. The third kappa shape index (κ3) is 5.18. The Morgan fingerprint density at radius 2 is 1.76 bits per heavy atom. The largest absolute Gasteiger partial charge is 0.384 e. The number of sulfonamides is 1. The number of anilines is 2. The summed E-state index contributed by atoms with van der Waals surface area (Å²) < 4.78 is 28.4. The van der Waals surface area contributed by atoms with Crippen molar-refractivity contribution in [2.45, 2.75) is 63.9 Å². The van der Waals surface area contributed by atoms with Crippen LogP contribution >= 0.6 is 0 Å². The second-order valence-electron chi connectivity index (χ2n) is 11.2. The van der Waals surface area contributed by atoms with Gasteiger partial charge in [-0.1, -0.05) is 64.1 Å². The molecule has 1 saturated heterocycles. The number of nitrogen functional groups attached to an aromatic ring is 1. The molecule has 37 heavy (non-hydrogen) atoms. The number of pyridine rings is 2. The minimum absolute atomic E-state index is 0.0476. The van der Waals surface area contributed by atoms with Crippen molar-refractivity contribution < 1.29 is 13.2 Å². The first-order valence-electron chi connectivity index (χ1n) is 12.4. The van der Waals surface area contributed by atoms with Crippen LogP contribution in [0.4, 0.5) is 11.6 Å². The lowest BCUT2D eigenvalue weighted by molar-refractivity contribution is 0.0981. The Kier molecular flexibility index (Phi) is 6.79. The van der Waals surface area contributed by atoms with Gasteiger partial charge >= 0.3 is 0 Å². The van der Waals surface area contributed by atoms with E-state index in [1.54, 1.807) is 6.07 Å². The highest BCUT2D eigenvalue weighted by molar-refractivity contribution is 7.90. The van der Waals surface area contributed by atoms with E-state index in [9.17, 15) is 13.2 Å². The SMILES string of the molecule is CC1CCN(c2nc(C(C)(C)C)c(-c3ccccc3)cc2C(=O)NS(=O)(=O)c2cccc(N)n2)C1(C)C. The Labute approximate surface area is 219 Å². The van der Waals surface area contributed by atoms with Crippen LogP contribution in [-0.4, -0.2) is 36.4 Å². The number of hydrogen-bond acceptors (Lipinski definition) is 7. The molecule has 3 aromatic rings. The lowest BCUT2D eigenvalue weighted by Crippen LogP contribution is -2.44. The smallest absolute Gasteiger partial charge is 0.281 e. The van der Waals surface area contributed by atoms with Crippen molar-refractivity contribution in [3.05, 3.63) is 65.9 Å².